The monoisotopic (exact) mass is 370 g/mol. The van der Waals surface area contributed by atoms with E-state index in [1.54, 1.807) is 43.7 Å². The van der Waals surface area contributed by atoms with Gasteiger partial charge in [-0.3, -0.25) is 9.78 Å². The summed E-state index contributed by atoms with van der Waals surface area (Å²) < 4.78 is 15.8. The molecular weight excluding hydrogens is 348 g/mol. The highest BCUT2D eigenvalue weighted by Gasteiger charge is 2.17. The van der Waals surface area contributed by atoms with E-state index in [1.807, 2.05) is 13.8 Å². The molecule has 0 saturated heterocycles. The largest absolute Gasteiger partial charge is 0.496 e. The lowest BCUT2D eigenvalue weighted by Gasteiger charge is -2.19. The second-order valence-corrected chi connectivity index (χ2v) is 6.28. The molecule has 0 N–H and O–H groups in total. The van der Waals surface area contributed by atoms with Crippen molar-refractivity contribution < 1.29 is 18.5 Å². The summed E-state index contributed by atoms with van der Waals surface area (Å²) in [5.74, 6) is 2.07. The van der Waals surface area contributed by atoms with Crippen LogP contribution in [0.25, 0.3) is 11.6 Å². The third kappa shape index (κ3) is 4.16. The van der Waals surface area contributed by atoms with Crippen LogP contribution in [0.3, 0.4) is 0 Å². The number of aromatic nitrogens is 3. The van der Waals surface area contributed by atoms with Gasteiger partial charge in [-0.05, 0) is 26.0 Å². The summed E-state index contributed by atoms with van der Waals surface area (Å²) in [7, 11) is 3.38. The molecule has 0 spiro atoms. The average molecular weight is 370 g/mol. The van der Waals surface area contributed by atoms with Crippen molar-refractivity contribution in [3.8, 4) is 17.3 Å². The zero-order valence-electron chi connectivity index (χ0n) is 15.9. The van der Waals surface area contributed by atoms with Gasteiger partial charge >= 0.3 is 0 Å². The van der Waals surface area contributed by atoms with Gasteiger partial charge in [-0.1, -0.05) is 5.16 Å². The minimum atomic E-state index is -0.0338. The normalized spacial score (nSPS) is 10.8. The first-order valence-corrected chi connectivity index (χ1v) is 8.59. The molecular formula is C19H22N4O4. The van der Waals surface area contributed by atoms with Crippen LogP contribution in [0.1, 0.15) is 29.1 Å². The number of ether oxygens (including phenoxy) is 1. The Morgan fingerprint density at radius 3 is 2.85 bits per heavy atom. The molecule has 0 fully saturated rings. The van der Waals surface area contributed by atoms with Crippen LogP contribution in [0.2, 0.25) is 0 Å². The molecule has 0 aliphatic heterocycles. The summed E-state index contributed by atoms with van der Waals surface area (Å²) in [6, 6.07) is 3.50. The molecule has 0 radical (unpaired) electrons. The van der Waals surface area contributed by atoms with Gasteiger partial charge in [0.25, 0.3) is 0 Å². The molecule has 0 aliphatic carbocycles. The molecule has 0 atom stereocenters. The third-order valence-electron chi connectivity index (χ3n) is 4.32. The number of amides is 1. The predicted octanol–water partition coefficient (Wildman–Crippen LogP) is 2.94. The Kier molecular flexibility index (Phi) is 5.54. The number of nitrogens with zero attached hydrogens (tertiary/aromatic N) is 4. The fourth-order valence-electron chi connectivity index (χ4n) is 2.81. The summed E-state index contributed by atoms with van der Waals surface area (Å²) >= 11 is 0. The number of hydrogen-bond donors (Lipinski definition) is 0. The van der Waals surface area contributed by atoms with E-state index in [2.05, 4.69) is 15.1 Å². The first kappa shape index (κ1) is 18.6. The van der Waals surface area contributed by atoms with Gasteiger partial charge in [0.2, 0.25) is 17.6 Å². The molecule has 0 unspecified atom stereocenters. The Morgan fingerprint density at radius 1 is 1.33 bits per heavy atom. The van der Waals surface area contributed by atoms with Crippen molar-refractivity contribution >= 4 is 5.91 Å². The van der Waals surface area contributed by atoms with Gasteiger partial charge in [0, 0.05) is 37.2 Å². The number of carbonyl (C=O) groups excluding carboxylic acids is 1. The van der Waals surface area contributed by atoms with Gasteiger partial charge in [0.05, 0.1) is 25.6 Å². The molecule has 1 amide bonds. The van der Waals surface area contributed by atoms with Crippen LogP contribution in [0.5, 0.6) is 5.75 Å². The Labute approximate surface area is 157 Å². The highest BCUT2D eigenvalue weighted by atomic mass is 16.5. The van der Waals surface area contributed by atoms with Crippen LogP contribution in [-0.4, -0.2) is 40.1 Å². The quantitative estimate of drug-likeness (QED) is 0.631. The van der Waals surface area contributed by atoms with Crippen LogP contribution in [0.4, 0.5) is 0 Å². The van der Waals surface area contributed by atoms with E-state index in [0.29, 0.717) is 30.4 Å². The van der Waals surface area contributed by atoms with Crippen LogP contribution in [0.15, 0.2) is 33.5 Å². The Bertz CT molecular complexity index is 918. The average Bonchev–Trinajstić information content (AvgIpc) is 3.33. The molecule has 142 valence electrons. The fourth-order valence-corrected chi connectivity index (χ4v) is 2.81. The summed E-state index contributed by atoms with van der Waals surface area (Å²) in [6.07, 6.45) is 3.92. The molecule has 8 heteroatoms. The smallest absolute Gasteiger partial charge is 0.238 e. The van der Waals surface area contributed by atoms with Gasteiger partial charge in [-0.25, -0.2) is 0 Å². The van der Waals surface area contributed by atoms with Crippen molar-refractivity contribution in [1.29, 1.82) is 0 Å². The molecule has 3 heterocycles. The van der Waals surface area contributed by atoms with E-state index in [9.17, 15) is 4.79 Å². The van der Waals surface area contributed by atoms with Crippen molar-refractivity contribution in [2.75, 3.05) is 14.2 Å². The first-order valence-electron chi connectivity index (χ1n) is 8.59. The minimum absolute atomic E-state index is 0.0338. The molecule has 3 aromatic heterocycles. The lowest BCUT2D eigenvalue weighted by atomic mass is 10.1. The third-order valence-corrected chi connectivity index (χ3v) is 4.32. The summed E-state index contributed by atoms with van der Waals surface area (Å²) in [4.78, 5) is 22.8. The van der Waals surface area contributed by atoms with Gasteiger partial charge in [-0.2, -0.15) is 4.98 Å². The minimum Gasteiger partial charge on any atom is -0.496 e. The number of aryl methyl sites for hydroxylation is 2. The lowest BCUT2D eigenvalue weighted by molar-refractivity contribution is -0.130. The maximum absolute atomic E-state index is 12.4. The SMILES string of the molecule is COc1c(C)cnc(CN(C)C(=O)CCc2nc(-c3ccco3)no2)c1C. The number of pyridine rings is 1. The number of rotatable bonds is 7. The molecule has 8 nitrogen and oxygen atoms in total. The first-order chi connectivity index (χ1) is 13.0. The maximum atomic E-state index is 12.4. The second-order valence-electron chi connectivity index (χ2n) is 6.28. The highest BCUT2D eigenvalue weighted by Crippen LogP contribution is 2.24. The van der Waals surface area contributed by atoms with Gasteiger partial charge < -0.3 is 18.6 Å². The van der Waals surface area contributed by atoms with Crippen molar-refractivity contribution in [2.24, 2.45) is 0 Å². The fraction of sp³-hybridized carbons (Fsp3) is 0.368. The lowest BCUT2D eigenvalue weighted by Crippen LogP contribution is -2.27. The van der Waals surface area contributed by atoms with E-state index in [-0.39, 0.29) is 12.3 Å². The van der Waals surface area contributed by atoms with E-state index in [1.165, 1.54) is 0 Å². The van der Waals surface area contributed by atoms with Crippen molar-refractivity contribution in [2.45, 2.75) is 33.2 Å². The molecule has 0 aromatic carbocycles. The molecule has 0 aliphatic rings. The number of carbonyl (C=O) groups is 1. The number of hydrogen-bond acceptors (Lipinski definition) is 7. The topological polar surface area (TPSA) is 94.5 Å². The predicted molar refractivity (Wildman–Crippen MR) is 97.1 cm³/mol. The Balaban J connectivity index is 1.58. The molecule has 3 aromatic rings. The second kappa shape index (κ2) is 8.03. The Hall–Kier alpha value is -3.16. The number of furan rings is 1. The van der Waals surface area contributed by atoms with Crippen molar-refractivity contribution in [3.05, 3.63) is 47.3 Å². The molecule has 0 bridgehead atoms. The van der Waals surface area contributed by atoms with Crippen LogP contribution in [-0.2, 0) is 17.8 Å². The number of methoxy groups -OCH3 is 1. The summed E-state index contributed by atoms with van der Waals surface area (Å²) in [5, 5.41) is 3.86. The van der Waals surface area contributed by atoms with E-state index in [4.69, 9.17) is 13.7 Å². The van der Waals surface area contributed by atoms with Crippen LogP contribution < -0.4 is 4.74 Å². The zero-order valence-corrected chi connectivity index (χ0v) is 15.9. The highest BCUT2D eigenvalue weighted by molar-refractivity contribution is 5.76. The van der Waals surface area contributed by atoms with Gasteiger partial charge in [0.15, 0.2) is 5.76 Å². The van der Waals surface area contributed by atoms with E-state index < -0.39 is 0 Å². The van der Waals surface area contributed by atoms with Crippen molar-refractivity contribution in [1.82, 2.24) is 20.0 Å². The maximum Gasteiger partial charge on any atom is 0.238 e. The molecule has 3 rings (SSSR count). The van der Waals surface area contributed by atoms with E-state index in [0.717, 1.165) is 22.6 Å². The molecule has 0 saturated carbocycles. The van der Waals surface area contributed by atoms with Crippen molar-refractivity contribution in [3.63, 3.8) is 0 Å². The van der Waals surface area contributed by atoms with Gasteiger partial charge in [0.1, 0.15) is 5.75 Å². The summed E-state index contributed by atoms with van der Waals surface area (Å²) in [5.41, 5.74) is 2.72. The van der Waals surface area contributed by atoms with Crippen LogP contribution >= 0.6 is 0 Å². The summed E-state index contributed by atoms with van der Waals surface area (Å²) in [6.45, 7) is 4.29. The standard InChI is InChI=1S/C19H22N4O4/c1-12-10-20-14(13(2)18(12)25-4)11-23(3)17(24)8-7-16-21-19(22-27-16)15-6-5-9-26-15/h5-6,9-10H,7-8,11H2,1-4H3. The van der Waals surface area contributed by atoms with Crippen LogP contribution in [0, 0.1) is 13.8 Å². The molecule has 27 heavy (non-hydrogen) atoms. The van der Waals surface area contributed by atoms with Gasteiger partial charge in [-0.15, -0.1) is 0 Å². The Morgan fingerprint density at radius 2 is 2.15 bits per heavy atom. The zero-order chi connectivity index (χ0) is 19.4. The van der Waals surface area contributed by atoms with E-state index >= 15 is 0 Å².